The number of nitrogens with one attached hydrogen (secondary N) is 1. The Labute approximate surface area is 157 Å². The molecule has 2 aliphatic carbocycles. The first-order chi connectivity index (χ1) is 12.5. The van der Waals surface area contributed by atoms with E-state index in [-0.39, 0.29) is 29.5 Å². The summed E-state index contributed by atoms with van der Waals surface area (Å²) in [5, 5.41) is 3.01. The number of fused-ring (bicyclic) bond motifs is 1. The van der Waals surface area contributed by atoms with Crippen LogP contribution in [0.3, 0.4) is 0 Å². The van der Waals surface area contributed by atoms with Crippen molar-refractivity contribution in [3.8, 4) is 0 Å². The second-order valence-corrected chi connectivity index (χ2v) is 6.94. The number of rotatable bonds is 4. The number of carbonyl (C=O) groups is 3. The molecule has 1 N–H and O–H groups in total. The maximum atomic E-state index is 12.7. The van der Waals surface area contributed by atoms with Gasteiger partial charge in [-0.05, 0) is 31.1 Å². The Bertz CT molecular complexity index is 735. The maximum Gasteiger partial charge on any atom is 0.337 e. The van der Waals surface area contributed by atoms with Gasteiger partial charge in [0.25, 0.3) is 0 Å². The van der Waals surface area contributed by atoms with E-state index in [1.165, 1.54) is 30.6 Å². The van der Waals surface area contributed by atoms with Crippen LogP contribution in [0.15, 0.2) is 28.8 Å². The maximum absolute atomic E-state index is 12.7. The third kappa shape index (κ3) is 3.90. The molecule has 1 unspecified atom stereocenters. The van der Waals surface area contributed by atoms with Gasteiger partial charge in [0.2, 0.25) is 16.9 Å². The number of nitrogens with zero attached hydrogens (tertiary/aromatic N) is 2. The molecule has 0 aromatic heterocycles. The molecule has 0 aromatic carbocycles. The van der Waals surface area contributed by atoms with Gasteiger partial charge in [-0.15, -0.1) is 0 Å². The van der Waals surface area contributed by atoms with Crippen LogP contribution in [0.4, 0.5) is 0 Å². The normalized spacial score (nSPS) is 23.1. The predicted molar refractivity (Wildman–Crippen MR) is 99.5 cm³/mol. The van der Waals surface area contributed by atoms with E-state index in [0.29, 0.717) is 11.3 Å². The van der Waals surface area contributed by atoms with Gasteiger partial charge in [-0.2, -0.15) is 0 Å². The quantitative estimate of drug-likeness (QED) is 0.591. The van der Waals surface area contributed by atoms with E-state index >= 15 is 0 Å². The van der Waals surface area contributed by atoms with Crippen molar-refractivity contribution in [1.82, 2.24) is 10.2 Å². The fourth-order valence-corrected chi connectivity index (χ4v) is 3.65. The molecule has 2 amide bonds. The van der Waals surface area contributed by atoms with Gasteiger partial charge in [0.05, 0.1) is 24.3 Å². The summed E-state index contributed by atoms with van der Waals surface area (Å²) >= 11 is 5.20. The number of thiocarbonyl (C=S) groups is 1. The summed E-state index contributed by atoms with van der Waals surface area (Å²) in [6, 6.07) is 0.170. The van der Waals surface area contributed by atoms with Crippen molar-refractivity contribution in [2.24, 2.45) is 10.9 Å². The average Bonchev–Trinajstić information content (AvgIpc) is 2.64. The van der Waals surface area contributed by atoms with Gasteiger partial charge in [-0.25, -0.2) is 9.79 Å². The topological polar surface area (TPSA) is 88.1 Å². The van der Waals surface area contributed by atoms with Crippen molar-refractivity contribution in [3.63, 3.8) is 0 Å². The first-order valence-electron chi connectivity index (χ1n) is 8.71. The monoisotopic (exact) mass is 375 g/mol. The molecule has 3 rings (SSSR count). The number of ether oxygens (including phenoxy) is 1. The van der Waals surface area contributed by atoms with Gasteiger partial charge in [0.15, 0.2) is 0 Å². The van der Waals surface area contributed by atoms with E-state index in [4.69, 9.17) is 12.2 Å². The molecule has 138 valence electrons. The van der Waals surface area contributed by atoms with Gasteiger partial charge >= 0.3 is 5.97 Å². The zero-order valence-corrected chi connectivity index (χ0v) is 15.4. The smallest absolute Gasteiger partial charge is 0.337 e. The van der Waals surface area contributed by atoms with Crippen LogP contribution in [0.25, 0.3) is 0 Å². The molecule has 8 heteroatoms. The molecule has 26 heavy (non-hydrogen) atoms. The fourth-order valence-electron chi connectivity index (χ4n) is 3.39. The van der Waals surface area contributed by atoms with Crippen LogP contribution in [-0.4, -0.2) is 53.2 Å². The van der Waals surface area contributed by atoms with Gasteiger partial charge in [-0.1, -0.05) is 31.4 Å². The van der Waals surface area contributed by atoms with Crippen molar-refractivity contribution in [1.29, 1.82) is 0 Å². The first-order valence-corrected chi connectivity index (χ1v) is 9.12. The SMILES string of the molecule is COC(=O)C1=CC2=NC(=S)N(CC(=O)NC3CCCCC3)C(=O)C2C=C1. The molecule has 1 heterocycles. The van der Waals surface area contributed by atoms with Crippen molar-refractivity contribution in [2.45, 2.75) is 38.1 Å². The molecule has 3 aliphatic rings. The summed E-state index contributed by atoms with van der Waals surface area (Å²) in [5.41, 5.74) is 0.702. The van der Waals surface area contributed by atoms with Crippen LogP contribution in [0.2, 0.25) is 0 Å². The summed E-state index contributed by atoms with van der Waals surface area (Å²) in [5.74, 6) is -1.68. The van der Waals surface area contributed by atoms with Crippen LogP contribution in [-0.2, 0) is 19.1 Å². The van der Waals surface area contributed by atoms with Crippen molar-refractivity contribution >= 4 is 40.8 Å². The fraction of sp³-hybridized carbons (Fsp3) is 0.500. The standard InChI is InChI=1S/C18H21N3O4S/c1-25-17(24)11-7-8-13-14(9-11)20-18(26)21(16(13)23)10-15(22)19-12-5-3-2-4-6-12/h7-9,12-13H,2-6,10H2,1H3,(H,19,22). The number of carbonyl (C=O) groups excluding carboxylic acids is 3. The number of aliphatic imine (C=N–C) groups is 1. The van der Waals surface area contributed by atoms with Gasteiger partial charge < -0.3 is 10.1 Å². The van der Waals surface area contributed by atoms with E-state index < -0.39 is 11.9 Å². The van der Waals surface area contributed by atoms with Crippen LogP contribution >= 0.6 is 12.2 Å². The number of hydrogen-bond donors (Lipinski definition) is 1. The Balaban J connectivity index is 1.68. The molecule has 0 radical (unpaired) electrons. The third-order valence-electron chi connectivity index (χ3n) is 4.77. The van der Waals surface area contributed by atoms with Crippen LogP contribution < -0.4 is 5.32 Å². The lowest BCUT2D eigenvalue weighted by molar-refractivity contribution is -0.135. The van der Waals surface area contributed by atoms with Crippen LogP contribution in [0.5, 0.6) is 0 Å². The van der Waals surface area contributed by atoms with E-state index in [9.17, 15) is 14.4 Å². The Morgan fingerprint density at radius 1 is 1.35 bits per heavy atom. The van der Waals surface area contributed by atoms with Crippen molar-refractivity contribution < 1.29 is 19.1 Å². The summed E-state index contributed by atoms with van der Waals surface area (Å²) in [7, 11) is 1.29. The second kappa shape index (κ2) is 7.90. The largest absolute Gasteiger partial charge is 0.465 e. The van der Waals surface area contributed by atoms with E-state index in [1.807, 2.05) is 0 Å². The van der Waals surface area contributed by atoms with Gasteiger partial charge in [0, 0.05) is 6.04 Å². The molecule has 1 fully saturated rings. The highest BCUT2D eigenvalue weighted by molar-refractivity contribution is 7.80. The Morgan fingerprint density at radius 2 is 2.08 bits per heavy atom. The second-order valence-electron chi connectivity index (χ2n) is 6.57. The Kier molecular flexibility index (Phi) is 5.61. The van der Waals surface area contributed by atoms with Gasteiger partial charge in [-0.3, -0.25) is 14.5 Å². The lowest BCUT2D eigenvalue weighted by atomic mass is 9.92. The molecule has 1 atom stereocenters. The zero-order chi connectivity index (χ0) is 18.7. The summed E-state index contributed by atoms with van der Waals surface area (Å²) in [4.78, 5) is 42.1. The van der Waals surface area contributed by atoms with Crippen LogP contribution in [0, 0.1) is 5.92 Å². The molecule has 1 saturated carbocycles. The summed E-state index contributed by atoms with van der Waals surface area (Å²) < 4.78 is 4.67. The molecular formula is C18H21N3O4S. The Hall–Kier alpha value is -2.35. The number of amides is 2. The molecule has 1 aliphatic heterocycles. The third-order valence-corrected chi connectivity index (χ3v) is 5.08. The average molecular weight is 375 g/mol. The summed E-state index contributed by atoms with van der Waals surface area (Å²) in [6.45, 7) is -0.136. The minimum Gasteiger partial charge on any atom is -0.465 e. The molecule has 7 nitrogen and oxygen atoms in total. The summed E-state index contributed by atoms with van der Waals surface area (Å²) in [6.07, 6.45) is 9.98. The number of allylic oxidation sites excluding steroid dienone is 1. The number of esters is 1. The highest BCUT2D eigenvalue weighted by Crippen LogP contribution is 2.23. The molecule has 0 saturated heterocycles. The predicted octanol–water partition coefficient (Wildman–Crippen LogP) is 1.29. The molecule has 0 aromatic rings. The molecule has 0 spiro atoms. The zero-order valence-electron chi connectivity index (χ0n) is 14.6. The number of methoxy groups -OCH3 is 1. The highest BCUT2D eigenvalue weighted by atomic mass is 32.1. The minimum absolute atomic E-state index is 0.0378. The van der Waals surface area contributed by atoms with Crippen molar-refractivity contribution in [3.05, 3.63) is 23.8 Å². The van der Waals surface area contributed by atoms with E-state index in [2.05, 4.69) is 15.0 Å². The van der Waals surface area contributed by atoms with Crippen LogP contribution in [0.1, 0.15) is 32.1 Å². The van der Waals surface area contributed by atoms with E-state index in [1.54, 1.807) is 6.08 Å². The number of hydrogen-bond acceptors (Lipinski definition) is 5. The molecular weight excluding hydrogens is 354 g/mol. The minimum atomic E-state index is -0.641. The lowest BCUT2D eigenvalue weighted by Gasteiger charge is -2.31. The van der Waals surface area contributed by atoms with Crippen molar-refractivity contribution in [2.75, 3.05) is 13.7 Å². The first kappa shape index (κ1) is 18.4. The Morgan fingerprint density at radius 3 is 2.77 bits per heavy atom. The molecule has 0 bridgehead atoms. The van der Waals surface area contributed by atoms with E-state index in [0.717, 1.165) is 25.7 Å². The highest BCUT2D eigenvalue weighted by Gasteiger charge is 2.36. The van der Waals surface area contributed by atoms with Gasteiger partial charge in [0.1, 0.15) is 6.54 Å². The lowest BCUT2D eigenvalue weighted by Crippen LogP contribution is -2.51.